The molecular weight excluding hydrogens is 582 g/mol. The molecule has 0 aliphatic carbocycles. The minimum absolute atomic E-state index is 0.00666. The molecule has 13 heteroatoms. The van der Waals surface area contributed by atoms with E-state index in [1.54, 1.807) is 6.08 Å². The lowest BCUT2D eigenvalue weighted by Gasteiger charge is -2.34. The Morgan fingerprint density at radius 1 is 0.977 bits per heavy atom. The van der Waals surface area contributed by atoms with Crippen molar-refractivity contribution in [3.8, 4) is 0 Å². The van der Waals surface area contributed by atoms with Crippen LogP contribution in [0.1, 0.15) is 65.9 Å². The highest BCUT2D eigenvalue weighted by Gasteiger charge is 2.45. The van der Waals surface area contributed by atoms with Gasteiger partial charge in [0.1, 0.15) is 6.04 Å². The van der Waals surface area contributed by atoms with Crippen molar-refractivity contribution in [3.05, 3.63) is 47.5 Å². The van der Waals surface area contributed by atoms with Crippen LogP contribution in [0.4, 0.5) is 8.78 Å². The highest BCUT2D eigenvalue weighted by molar-refractivity contribution is 5.90. The number of methoxy groups -OCH3 is 1. The van der Waals surface area contributed by atoms with E-state index < -0.39 is 71.8 Å². The SMILES string of the molecule is CCC(C)C=C[C@@H](OC(C)=O)[C@H](OC(C)=O)[C@@H](OC(C)=O)[C@@H](OC)C(=O)NC1CCCCN(Cc2ccc(F)c(F)c2)C1=O. The second-order valence-corrected chi connectivity index (χ2v) is 10.7. The normalized spacial score (nSPS) is 18.9. The summed E-state index contributed by atoms with van der Waals surface area (Å²) >= 11 is 0. The van der Waals surface area contributed by atoms with Crippen LogP contribution in [0.25, 0.3) is 0 Å². The summed E-state index contributed by atoms with van der Waals surface area (Å²) in [6, 6.07) is 2.34. The predicted octanol–water partition coefficient (Wildman–Crippen LogP) is 3.37. The Hall–Kier alpha value is -3.87. The van der Waals surface area contributed by atoms with Crippen molar-refractivity contribution in [2.75, 3.05) is 13.7 Å². The van der Waals surface area contributed by atoms with Crippen molar-refractivity contribution < 1.29 is 51.7 Å². The van der Waals surface area contributed by atoms with Gasteiger partial charge in [-0.2, -0.15) is 0 Å². The fraction of sp³-hybridized carbons (Fsp3) is 0.581. The van der Waals surface area contributed by atoms with E-state index >= 15 is 0 Å². The summed E-state index contributed by atoms with van der Waals surface area (Å²) in [5.41, 5.74) is 0.375. The molecule has 1 N–H and O–H groups in total. The average Bonchev–Trinajstić information content (AvgIpc) is 3.11. The number of allylic oxidation sites excluding steroid dienone is 1. The molecule has 2 unspecified atom stereocenters. The van der Waals surface area contributed by atoms with E-state index in [0.717, 1.165) is 39.3 Å². The number of hydrogen-bond acceptors (Lipinski definition) is 9. The molecule has 0 saturated carbocycles. The zero-order valence-electron chi connectivity index (χ0n) is 26.0. The van der Waals surface area contributed by atoms with Crippen LogP contribution >= 0.6 is 0 Å². The summed E-state index contributed by atoms with van der Waals surface area (Å²) in [7, 11) is 1.17. The number of hydrogen-bond donors (Lipinski definition) is 1. The lowest BCUT2D eigenvalue weighted by Crippen LogP contribution is -2.58. The Balaban J connectivity index is 2.39. The summed E-state index contributed by atoms with van der Waals surface area (Å²) in [6.45, 7) is 7.53. The minimum Gasteiger partial charge on any atom is -0.455 e. The number of halogens is 2. The molecule has 1 fully saturated rings. The largest absolute Gasteiger partial charge is 0.455 e. The number of ether oxygens (including phenoxy) is 4. The average molecular weight is 625 g/mol. The van der Waals surface area contributed by atoms with Crippen molar-refractivity contribution in [1.29, 1.82) is 0 Å². The molecule has 1 aromatic rings. The van der Waals surface area contributed by atoms with Crippen molar-refractivity contribution >= 4 is 29.7 Å². The van der Waals surface area contributed by atoms with Crippen molar-refractivity contribution in [1.82, 2.24) is 10.2 Å². The Morgan fingerprint density at radius 2 is 1.61 bits per heavy atom. The molecule has 0 bridgehead atoms. The van der Waals surface area contributed by atoms with E-state index in [2.05, 4.69) is 5.32 Å². The van der Waals surface area contributed by atoms with Crippen molar-refractivity contribution in [2.24, 2.45) is 5.92 Å². The van der Waals surface area contributed by atoms with Crippen molar-refractivity contribution in [2.45, 2.75) is 97.3 Å². The number of carbonyl (C=O) groups excluding carboxylic acids is 5. The van der Waals surface area contributed by atoms with Gasteiger partial charge in [-0.05, 0) is 49.0 Å². The zero-order valence-corrected chi connectivity index (χ0v) is 26.0. The van der Waals surface area contributed by atoms with Crippen molar-refractivity contribution in [3.63, 3.8) is 0 Å². The summed E-state index contributed by atoms with van der Waals surface area (Å²) in [4.78, 5) is 65.0. The van der Waals surface area contributed by atoms with E-state index in [1.807, 2.05) is 13.8 Å². The van der Waals surface area contributed by atoms with Crippen LogP contribution in [0.5, 0.6) is 0 Å². The van der Waals surface area contributed by atoms with Gasteiger partial charge in [-0.3, -0.25) is 24.0 Å². The Kier molecular flexibility index (Phi) is 14.4. The molecule has 1 saturated heterocycles. The lowest BCUT2D eigenvalue weighted by atomic mass is 9.98. The van der Waals surface area contributed by atoms with Crippen LogP contribution in [-0.2, 0) is 49.5 Å². The third-order valence-electron chi connectivity index (χ3n) is 7.09. The molecule has 6 atom stereocenters. The maximum Gasteiger partial charge on any atom is 0.303 e. The van der Waals surface area contributed by atoms with Gasteiger partial charge in [0.2, 0.25) is 5.91 Å². The number of rotatable bonds is 14. The number of likely N-dealkylation sites (tertiary alicyclic amines) is 1. The lowest BCUT2D eigenvalue weighted by molar-refractivity contribution is -0.192. The number of benzene rings is 1. The first-order valence-electron chi connectivity index (χ1n) is 14.5. The van der Waals surface area contributed by atoms with Gasteiger partial charge in [0.25, 0.3) is 5.91 Å². The Bertz CT molecular complexity index is 1210. The summed E-state index contributed by atoms with van der Waals surface area (Å²) in [5, 5.41) is 2.65. The molecule has 0 radical (unpaired) electrons. The van der Waals surface area contributed by atoms with Gasteiger partial charge in [-0.15, -0.1) is 0 Å². The molecule has 0 spiro atoms. The van der Waals surface area contributed by atoms with Crippen LogP contribution in [0.3, 0.4) is 0 Å². The van der Waals surface area contributed by atoms with Gasteiger partial charge >= 0.3 is 17.9 Å². The number of nitrogens with zero attached hydrogens (tertiary/aromatic N) is 1. The van der Waals surface area contributed by atoms with E-state index in [9.17, 15) is 32.8 Å². The molecule has 11 nitrogen and oxygen atoms in total. The molecule has 1 aliphatic heterocycles. The molecule has 0 aromatic heterocycles. The van der Waals surface area contributed by atoms with E-state index in [4.69, 9.17) is 18.9 Å². The second-order valence-electron chi connectivity index (χ2n) is 10.7. The summed E-state index contributed by atoms with van der Waals surface area (Å²) in [5.74, 6) is -5.65. The van der Waals surface area contributed by atoms with Crippen LogP contribution < -0.4 is 5.32 Å². The number of amides is 2. The van der Waals surface area contributed by atoms with Gasteiger partial charge in [0, 0.05) is 41.0 Å². The van der Waals surface area contributed by atoms with Gasteiger partial charge in [-0.25, -0.2) is 8.78 Å². The third kappa shape index (κ3) is 11.0. The topological polar surface area (TPSA) is 138 Å². The minimum atomic E-state index is -1.60. The van der Waals surface area contributed by atoms with Gasteiger partial charge in [0.15, 0.2) is 36.1 Å². The number of esters is 3. The first-order valence-corrected chi connectivity index (χ1v) is 14.5. The first-order chi connectivity index (χ1) is 20.8. The quantitative estimate of drug-likeness (QED) is 0.188. The highest BCUT2D eigenvalue weighted by Crippen LogP contribution is 2.23. The van der Waals surface area contributed by atoms with Gasteiger partial charge in [-0.1, -0.05) is 32.4 Å². The van der Waals surface area contributed by atoms with Crippen LogP contribution in [0.2, 0.25) is 0 Å². The van der Waals surface area contributed by atoms with Crippen LogP contribution in [0, 0.1) is 17.6 Å². The maximum absolute atomic E-state index is 13.8. The Morgan fingerprint density at radius 3 is 2.18 bits per heavy atom. The van der Waals surface area contributed by atoms with Crippen LogP contribution in [0.15, 0.2) is 30.4 Å². The first kappa shape index (κ1) is 36.3. The fourth-order valence-corrected chi connectivity index (χ4v) is 4.75. The van der Waals surface area contributed by atoms with E-state index in [1.165, 1.54) is 24.2 Å². The maximum atomic E-state index is 13.8. The molecule has 1 heterocycles. The summed E-state index contributed by atoms with van der Waals surface area (Å²) < 4.78 is 49.0. The highest BCUT2D eigenvalue weighted by atomic mass is 19.2. The molecule has 2 amide bonds. The molecule has 1 aromatic carbocycles. The molecular formula is C31H42F2N2O9. The monoisotopic (exact) mass is 624 g/mol. The predicted molar refractivity (Wildman–Crippen MR) is 154 cm³/mol. The third-order valence-corrected chi connectivity index (χ3v) is 7.09. The van der Waals surface area contributed by atoms with Gasteiger partial charge in [0.05, 0.1) is 0 Å². The second kappa shape index (κ2) is 17.4. The molecule has 44 heavy (non-hydrogen) atoms. The molecule has 1 aliphatic rings. The number of nitrogens with one attached hydrogen (secondary N) is 1. The number of carbonyl (C=O) groups is 5. The van der Waals surface area contributed by atoms with E-state index in [-0.39, 0.29) is 18.9 Å². The summed E-state index contributed by atoms with van der Waals surface area (Å²) in [6.07, 6.45) is -0.515. The Labute approximate surface area is 256 Å². The van der Waals surface area contributed by atoms with Crippen LogP contribution in [-0.4, -0.2) is 78.7 Å². The molecule has 244 valence electrons. The smallest absolute Gasteiger partial charge is 0.303 e. The zero-order chi connectivity index (χ0) is 33.0. The molecule has 2 rings (SSSR count). The van der Waals surface area contributed by atoms with E-state index in [0.29, 0.717) is 24.9 Å². The standard InChI is InChI=1S/C31H42F2N2O9/c1-7-18(2)11-14-26(42-19(3)36)27(43-20(4)37)28(44-21(5)38)29(41-6)30(39)34-25-10-8-9-15-35(31(25)40)17-22-12-13-23(32)24(33)16-22/h11-14,16,18,25-29H,7-10,15,17H2,1-6H3,(H,34,39)/t18?,25?,26-,27+,28-,29-/m1/s1. The fourth-order valence-electron chi connectivity index (χ4n) is 4.75. The van der Waals surface area contributed by atoms with Gasteiger partial charge < -0.3 is 29.2 Å².